The van der Waals surface area contributed by atoms with E-state index in [2.05, 4.69) is 10.1 Å². The topological polar surface area (TPSA) is 95.9 Å². The second-order valence-electron chi connectivity index (χ2n) is 6.28. The highest BCUT2D eigenvalue weighted by atomic mass is 16.5. The number of aryl methyl sites for hydroxylation is 1. The van der Waals surface area contributed by atoms with Crippen LogP contribution in [0, 0.1) is 0 Å². The minimum atomic E-state index is -0.413. The predicted octanol–water partition coefficient (Wildman–Crippen LogP) is -0.0536. The molecule has 0 aromatic carbocycles. The summed E-state index contributed by atoms with van der Waals surface area (Å²) in [7, 11) is 4.76. The lowest BCUT2D eigenvalue weighted by atomic mass is 10.2. The number of ether oxygens (including phenoxy) is 2. The summed E-state index contributed by atoms with van der Waals surface area (Å²) in [6.07, 6.45) is 0. The molecule has 2 aromatic heterocycles. The molecule has 1 aliphatic heterocycles. The fraction of sp³-hybridized carbons (Fsp3) is 0.625. The van der Waals surface area contributed by atoms with Crippen molar-refractivity contribution in [1.29, 1.82) is 0 Å². The van der Waals surface area contributed by atoms with Crippen LogP contribution in [0.25, 0.3) is 11.2 Å². The number of imidazole rings is 1. The average molecular weight is 364 g/mol. The monoisotopic (exact) mass is 364 g/mol. The van der Waals surface area contributed by atoms with Crippen molar-refractivity contribution in [2.75, 3.05) is 39.0 Å². The molecule has 0 radical (unpaired) electrons. The number of hydrazone groups is 1. The highest BCUT2D eigenvalue weighted by molar-refractivity contribution is 5.91. The Hall–Kier alpha value is -2.46. The van der Waals surface area contributed by atoms with Crippen molar-refractivity contribution in [2.45, 2.75) is 26.4 Å². The lowest BCUT2D eigenvalue weighted by Gasteiger charge is -2.28. The predicted molar refractivity (Wildman–Crippen MR) is 98.2 cm³/mol. The second kappa shape index (κ2) is 7.04. The zero-order valence-corrected chi connectivity index (χ0v) is 15.7. The Morgan fingerprint density at radius 1 is 1.12 bits per heavy atom. The highest BCUT2D eigenvalue weighted by Crippen LogP contribution is 2.29. The molecule has 0 N–H and O–H groups in total. The Morgan fingerprint density at radius 3 is 2.42 bits per heavy atom. The van der Waals surface area contributed by atoms with Crippen LogP contribution in [0.5, 0.6) is 0 Å². The highest BCUT2D eigenvalue weighted by Gasteiger charge is 2.30. The Kier molecular flexibility index (Phi) is 4.97. The fourth-order valence-corrected chi connectivity index (χ4v) is 3.09. The Balaban J connectivity index is 2.29. The zero-order chi connectivity index (χ0) is 19.0. The van der Waals surface area contributed by atoms with Crippen molar-refractivity contribution >= 4 is 22.8 Å². The number of nitrogens with zero attached hydrogens (tertiary/aromatic N) is 6. The Bertz CT molecular complexity index is 970. The minimum Gasteiger partial charge on any atom is -0.383 e. The van der Waals surface area contributed by atoms with Gasteiger partial charge in [-0.25, -0.2) is 9.80 Å². The van der Waals surface area contributed by atoms with E-state index in [0.29, 0.717) is 30.3 Å². The van der Waals surface area contributed by atoms with E-state index in [1.165, 1.54) is 16.2 Å². The molecule has 1 atom stereocenters. The summed E-state index contributed by atoms with van der Waals surface area (Å²) in [6.45, 7) is 5.29. The lowest BCUT2D eigenvalue weighted by Crippen LogP contribution is -2.41. The van der Waals surface area contributed by atoms with Crippen LogP contribution in [-0.4, -0.2) is 58.4 Å². The van der Waals surface area contributed by atoms with Crippen molar-refractivity contribution in [3.8, 4) is 0 Å². The van der Waals surface area contributed by atoms with E-state index in [-0.39, 0.29) is 24.8 Å². The molecule has 26 heavy (non-hydrogen) atoms. The van der Waals surface area contributed by atoms with Gasteiger partial charge in [-0.05, 0) is 13.8 Å². The quantitative estimate of drug-likeness (QED) is 0.713. The summed E-state index contributed by atoms with van der Waals surface area (Å²) in [5.41, 5.74) is 0.811. The molecule has 2 aromatic rings. The maximum absolute atomic E-state index is 13.1. The van der Waals surface area contributed by atoms with Gasteiger partial charge in [-0.3, -0.25) is 18.5 Å². The molecule has 0 spiro atoms. The van der Waals surface area contributed by atoms with E-state index in [1.807, 2.05) is 18.4 Å². The van der Waals surface area contributed by atoms with Gasteiger partial charge in [-0.15, -0.1) is 0 Å². The molecule has 0 bridgehead atoms. The van der Waals surface area contributed by atoms with E-state index in [4.69, 9.17) is 9.47 Å². The maximum Gasteiger partial charge on any atom is 0.332 e. The van der Waals surface area contributed by atoms with Crippen LogP contribution in [0.15, 0.2) is 14.7 Å². The Morgan fingerprint density at radius 2 is 1.77 bits per heavy atom. The number of aromatic nitrogens is 4. The number of hydrogen-bond donors (Lipinski definition) is 0. The molecule has 0 amide bonds. The van der Waals surface area contributed by atoms with Crippen molar-refractivity contribution in [2.24, 2.45) is 12.1 Å². The molecule has 0 aliphatic carbocycles. The van der Waals surface area contributed by atoms with E-state index in [9.17, 15) is 9.59 Å². The summed E-state index contributed by atoms with van der Waals surface area (Å²) < 4.78 is 14.6. The van der Waals surface area contributed by atoms with Crippen molar-refractivity contribution in [1.82, 2.24) is 18.7 Å². The van der Waals surface area contributed by atoms with Gasteiger partial charge in [0, 0.05) is 21.3 Å². The number of anilines is 1. The van der Waals surface area contributed by atoms with Crippen LogP contribution in [0.2, 0.25) is 0 Å². The molecule has 3 heterocycles. The van der Waals surface area contributed by atoms with Crippen molar-refractivity contribution in [3.05, 3.63) is 20.8 Å². The molecule has 1 unspecified atom stereocenters. The molecule has 10 nitrogen and oxygen atoms in total. The number of methoxy groups -OCH3 is 2. The summed E-state index contributed by atoms with van der Waals surface area (Å²) in [5, 5.41) is 6.27. The van der Waals surface area contributed by atoms with E-state index < -0.39 is 5.69 Å². The van der Waals surface area contributed by atoms with Gasteiger partial charge in [0.25, 0.3) is 5.56 Å². The van der Waals surface area contributed by atoms with Gasteiger partial charge in [-0.1, -0.05) is 0 Å². The van der Waals surface area contributed by atoms with Crippen molar-refractivity contribution < 1.29 is 9.47 Å². The van der Waals surface area contributed by atoms with Crippen LogP contribution < -0.4 is 16.3 Å². The Labute approximate surface area is 150 Å². The minimum absolute atomic E-state index is 0.144. The molecule has 0 saturated carbocycles. The van der Waals surface area contributed by atoms with Gasteiger partial charge in [0.15, 0.2) is 11.2 Å². The van der Waals surface area contributed by atoms with Crippen LogP contribution in [-0.2, 0) is 23.1 Å². The smallest absolute Gasteiger partial charge is 0.332 e. The van der Waals surface area contributed by atoms with Gasteiger partial charge in [0.2, 0.25) is 5.95 Å². The van der Waals surface area contributed by atoms with Crippen LogP contribution in [0.1, 0.15) is 19.9 Å². The van der Waals surface area contributed by atoms with Gasteiger partial charge in [0.05, 0.1) is 38.1 Å². The van der Waals surface area contributed by atoms with E-state index in [1.54, 1.807) is 19.2 Å². The van der Waals surface area contributed by atoms with E-state index in [0.717, 1.165) is 5.71 Å². The largest absolute Gasteiger partial charge is 0.383 e. The first-order chi connectivity index (χ1) is 12.4. The molecule has 142 valence electrons. The molecule has 3 rings (SSSR count). The summed E-state index contributed by atoms with van der Waals surface area (Å²) in [4.78, 5) is 30.2. The molecule has 0 fully saturated rings. The summed E-state index contributed by atoms with van der Waals surface area (Å²) in [6, 6.07) is -0.144. The van der Waals surface area contributed by atoms with Crippen molar-refractivity contribution in [3.63, 3.8) is 0 Å². The normalized spacial score (nSPS) is 16.9. The summed E-state index contributed by atoms with van der Waals surface area (Å²) >= 11 is 0. The first-order valence-corrected chi connectivity index (χ1v) is 8.44. The van der Waals surface area contributed by atoms with Gasteiger partial charge < -0.3 is 9.47 Å². The molecular weight excluding hydrogens is 340 g/mol. The van der Waals surface area contributed by atoms with Crippen LogP contribution >= 0.6 is 0 Å². The second-order valence-corrected chi connectivity index (χ2v) is 6.28. The number of hydrogen-bond acceptors (Lipinski definition) is 7. The number of fused-ring (bicyclic) bond motifs is 3. The lowest BCUT2D eigenvalue weighted by molar-refractivity contribution is 0.184. The van der Waals surface area contributed by atoms with Gasteiger partial charge in [-0.2, -0.15) is 10.1 Å². The third-order valence-electron chi connectivity index (χ3n) is 4.68. The van der Waals surface area contributed by atoms with Gasteiger partial charge in [0.1, 0.15) is 0 Å². The first kappa shape index (κ1) is 18.3. The van der Waals surface area contributed by atoms with Crippen LogP contribution in [0.4, 0.5) is 5.95 Å². The average Bonchev–Trinajstić information content (AvgIpc) is 3.03. The maximum atomic E-state index is 13.1. The fourth-order valence-electron chi connectivity index (χ4n) is 3.09. The van der Waals surface area contributed by atoms with Crippen LogP contribution in [0.3, 0.4) is 0 Å². The standard InChI is InChI=1S/C16H24N6O4/c1-10-11(2)22-12-13(17-15(22)21(18-10)7-9-26-5)19(3)16(24)20(14(12)23)6-8-25-4/h11H,6-9H2,1-5H3. The zero-order valence-electron chi connectivity index (χ0n) is 15.7. The molecule has 10 heteroatoms. The molecular formula is C16H24N6O4. The van der Waals surface area contributed by atoms with E-state index >= 15 is 0 Å². The third kappa shape index (κ3) is 2.74. The SMILES string of the molecule is COCCN1N=C(C)C(C)n2c1nc1c2c(=O)n(CCOC)c(=O)n1C. The molecule has 1 aliphatic rings. The first-order valence-electron chi connectivity index (χ1n) is 8.44. The molecule has 0 saturated heterocycles. The number of rotatable bonds is 6. The third-order valence-corrected chi connectivity index (χ3v) is 4.68. The van der Waals surface area contributed by atoms with Gasteiger partial charge >= 0.3 is 5.69 Å². The summed E-state index contributed by atoms with van der Waals surface area (Å²) in [5.74, 6) is 0.534.